The fraction of sp³-hybridized carbons (Fsp3) is 0.333. The fourth-order valence-corrected chi connectivity index (χ4v) is 3.41. The van der Waals surface area contributed by atoms with Crippen molar-refractivity contribution >= 4 is 11.7 Å². The van der Waals surface area contributed by atoms with Crippen LogP contribution < -0.4 is 10.2 Å². The molecular formula is C21H24N6O. The highest BCUT2D eigenvalue weighted by Gasteiger charge is 2.13. The summed E-state index contributed by atoms with van der Waals surface area (Å²) in [7, 11) is 0. The topological polar surface area (TPSA) is 75.9 Å². The van der Waals surface area contributed by atoms with E-state index in [1.54, 1.807) is 17.2 Å². The summed E-state index contributed by atoms with van der Waals surface area (Å²) in [4.78, 5) is 23.5. The molecule has 1 saturated heterocycles. The second kappa shape index (κ2) is 8.65. The van der Waals surface area contributed by atoms with Gasteiger partial charge in [0.2, 0.25) is 0 Å². The first-order valence-electron chi connectivity index (χ1n) is 9.73. The Bertz CT molecular complexity index is 901. The van der Waals surface area contributed by atoms with Crippen molar-refractivity contribution in [1.29, 1.82) is 0 Å². The quantitative estimate of drug-likeness (QED) is 0.716. The minimum absolute atomic E-state index is 0.0876. The van der Waals surface area contributed by atoms with Gasteiger partial charge in [-0.3, -0.25) is 9.48 Å². The molecule has 0 saturated carbocycles. The molecule has 1 amide bonds. The van der Waals surface area contributed by atoms with E-state index >= 15 is 0 Å². The van der Waals surface area contributed by atoms with Gasteiger partial charge in [0.15, 0.2) is 0 Å². The minimum atomic E-state index is -0.0876. The predicted octanol–water partition coefficient (Wildman–Crippen LogP) is 2.76. The van der Waals surface area contributed by atoms with Crippen molar-refractivity contribution in [2.75, 3.05) is 24.5 Å². The van der Waals surface area contributed by atoms with Gasteiger partial charge in [-0.1, -0.05) is 12.1 Å². The van der Waals surface area contributed by atoms with Crippen molar-refractivity contribution in [3.63, 3.8) is 0 Å². The van der Waals surface area contributed by atoms with E-state index in [2.05, 4.69) is 25.3 Å². The molecule has 144 valence electrons. The highest BCUT2D eigenvalue weighted by atomic mass is 16.1. The Balaban J connectivity index is 1.39. The largest absolute Gasteiger partial charge is 0.357 e. The molecule has 1 aliphatic heterocycles. The Hall–Kier alpha value is -3.22. The normalized spacial score (nSPS) is 14.1. The molecular weight excluding hydrogens is 352 g/mol. The zero-order chi connectivity index (χ0) is 19.2. The lowest BCUT2D eigenvalue weighted by molar-refractivity contribution is 0.0952. The van der Waals surface area contributed by atoms with Crippen LogP contribution in [0.1, 0.15) is 29.6 Å². The molecule has 1 aliphatic rings. The van der Waals surface area contributed by atoms with E-state index in [0.717, 1.165) is 30.2 Å². The average molecular weight is 376 g/mol. The molecule has 1 fully saturated rings. The summed E-state index contributed by atoms with van der Waals surface area (Å²) in [6.07, 6.45) is 8.94. The van der Waals surface area contributed by atoms with Crippen molar-refractivity contribution in [2.24, 2.45) is 0 Å². The maximum atomic E-state index is 12.3. The van der Waals surface area contributed by atoms with E-state index in [9.17, 15) is 4.79 Å². The molecule has 0 spiro atoms. The number of nitrogens with zero attached hydrogens (tertiary/aromatic N) is 5. The number of nitrogens with one attached hydrogen (secondary N) is 1. The lowest BCUT2D eigenvalue weighted by atomic mass is 10.1. The molecule has 28 heavy (non-hydrogen) atoms. The Morgan fingerprint density at radius 3 is 2.64 bits per heavy atom. The van der Waals surface area contributed by atoms with Crippen molar-refractivity contribution in [3.8, 4) is 11.3 Å². The third-order valence-electron chi connectivity index (χ3n) is 4.96. The zero-order valence-corrected chi connectivity index (χ0v) is 15.8. The monoisotopic (exact) mass is 376 g/mol. The highest BCUT2D eigenvalue weighted by molar-refractivity contribution is 5.94. The molecule has 3 heterocycles. The third-order valence-corrected chi connectivity index (χ3v) is 4.96. The van der Waals surface area contributed by atoms with Gasteiger partial charge in [0, 0.05) is 49.2 Å². The summed E-state index contributed by atoms with van der Waals surface area (Å²) >= 11 is 0. The molecule has 0 aliphatic carbocycles. The standard InChI is InChI=1S/C21H24N6O/c28-21(22-10-14-27-13-4-9-25-27)18-7-5-17(6-8-18)19-15-20(24-16-23-19)26-11-2-1-3-12-26/h4-9,13,15-16H,1-3,10-12,14H2,(H,22,28). The van der Waals surface area contributed by atoms with Crippen molar-refractivity contribution < 1.29 is 4.79 Å². The van der Waals surface area contributed by atoms with Crippen LogP contribution in [0.3, 0.4) is 0 Å². The molecule has 0 atom stereocenters. The zero-order valence-electron chi connectivity index (χ0n) is 15.8. The van der Waals surface area contributed by atoms with E-state index in [1.807, 2.05) is 42.6 Å². The maximum absolute atomic E-state index is 12.3. The first kappa shape index (κ1) is 18.2. The van der Waals surface area contributed by atoms with Gasteiger partial charge in [-0.25, -0.2) is 9.97 Å². The van der Waals surface area contributed by atoms with Crippen molar-refractivity contribution in [3.05, 3.63) is 60.7 Å². The number of rotatable bonds is 6. The van der Waals surface area contributed by atoms with Gasteiger partial charge in [0.05, 0.1) is 12.2 Å². The van der Waals surface area contributed by atoms with E-state index in [1.165, 1.54) is 19.3 Å². The molecule has 1 N–H and O–H groups in total. The number of benzene rings is 1. The molecule has 3 aromatic rings. The van der Waals surface area contributed by atoms with Crippen LogP contribution in [0.15, 0.2) is 55.1 Å². The Morgan fingerprint density at radius 1 is 1.07 bits per heavy atom. The number of amides is 1. The summed E-state index contributed by atoms with van der Waals surface area (Å²) in [6.45, 7) is 3.28. The van der Waals surface area contributed by atoms with E-state index in [0.29, 0.717) is 18.7 Å². The average Bonchev–Trinajstić information content (AvgIpc) is 3.28. The maximum Gasteiger partial charge on any atom is 0.251 e. The summed E-state index contributed by atoms with van der Waals surface area (Å²) in [6, 6.07) is 11.4. The molecule has 1 aromatic carbocycles. The first-order valence-corrected chi connectivity index (χ1v) is 9.73. The summed E-state index contributed by atoms with van der Waals surface area (Å²) < 4.78 is 1.79. The van der Waals surface area contributed by atoms with E-state index < -0.39 is 0 Å². The van der Waals surface area contributed by atoms with Gasteiger partial charge in [0.1, 0.15) is 12.1 Å². The highest BCUT2D eigenvalue weighted by Crippen LogP contribution is 2.23. The van der Waals surface area contributed by atoms with Gasteiger partial charge >= 0.3 is 0 Å². The minimum Gasteiger partial charge on any atom is -0.357 e. The molecule has 0 unspecified atom stereocenters. The number of aromatic nitrogens is 4. The number of carbonyl (C=O) groups is 1. The summed E-state index contributed by atoms with van der Waals surface area (Å²) in [5, 5.41) is 7.04. The lowest BCUT2D eigenvalue weighted by Crippen LogP contribution is -2.30. The third kappa shape index (κ3) is 4.36. The van der Waals surface area contributed by atoms with Crippen LogP contribution in [-0.4, -0.2) is 45.3 Å². The SMILES string of the molecule is O=C(NCCn1cccn1)c1ccc(-c2cc(N3CCCCC3)ncn2)cc1. The Morgan fingerprint density at radius 2 is 1.89 bits per heavy atom. The predicted molar refractivity (Wildman–Crippen MR) is 108 cm³/mol. The molecule has 4 rings (SSSR count). The van der Waals surface area contributed by atoms with Crippen LogP contribution >= 0.6 is 0 Å². The number of piperidine rings is 1. The van der Waals surface area contributed by atoms with Gasteiger partial charge < -0.3 is 10.2 Å². The van der Waals surface area contributed by atoms with Crippen LogP contribution in [0.4, 0.5) is 5.82 Å². The second-order valence-electron chi connectivity index (χ2n) is 6.91. The number of carbonyl (C=O) groups excluding carboxylic acids is 1. The van der Waals surface area contributed by atoms with Crippen LogP contribution in [0.25, 0.3) is 11.3 Å². The lowest BCUT2D eigenvalue weighted by Gasteiger charge is -2.27. The van der Waals surface area contributed by atoms with Crippen molar-refractivity contribution in [2.45, 2.75) is 25.8 Å². The number of hydrogen-bond acceptors (Lipinski definition) is 5. The van der Waals surface area contributed by atoms with Crippen LogP contribution in [0.5, 0.6) is 0 Å². The van der Waals surface area contributed by atoms with E-state index in [4.69, 9.17) is 0 Å². The summed E-state index contributed by atoms with van der Waals surface area (Å²) in [5.74, 6) is 0.889. The Labute approximate surface area is 164 Å². The van der Waals surface area contributed by atoms with Crippen molar-refractivity contribution in [1.82, 2.24) is 25.1 Å². The molecule has 0 radical (unpaired) electrons. The van der Waals surface area contributed by atoms with Gasteiger partial charge in [-0.2, -0.15) is 5.10 Å². The number of anilines is 1. The second-order valence-corrected chi connectivity index (χ2v) is 6.91. The first-order chi connectivity index (χ1) is 13.8. The number of hydrogen-bond donors (Lipinski definition) is 1. The van der Waals surface area contributed by atoms with E-state index in [-0.39, 0.29) is 5.91 Å². The molecule has 7 heteroatoms. The molecule has 7 nitrogen and oxygen atoms in total. The van der Waals surface area contributed by atoms with Crippen LogP contribution in [-0.2, 0) is 6.54 Å². The Kier molecular flexibility index (Phi) is 5.61. The van der Waals surface area contributed by atoms with Crippen LogP contribution in [0.2, 0.25) is 0 Å². The molecule has 2 aromatic heterocycles. The van der Waals surface area contributed by atoms with Gasteiger partial charge in [-0.15, -0.1) is 0 Å². The fourth-order valence-electron chi connectivity index (χ4n) is 3.41. The smallest absolute Gasteiger partial charge is 0.251 e. The summed E-state index contributed by atoms with van der Waals surface area (Å²) in [5.41, 5.74) is 2.49. The van der Waals surface area contributed by atoms with Gasteiger partial charge in [0.25, 0.3) is 5.91 Å². The molecule has 0 bridgehead atoms. The van der Waals surface area contributed by atoms with Gasteiger partial charge in [-0.05, 0) is 37.5 Å². The van der Waals surface area contributed by atoms with Crippen LogP contribution in [0, 0.1) is 0 Å².